The van der Waals surface area contributed by atoms with Crippen LogP contribution in [-0.2, 0) is 11.3 Å². The molecule has 0 aromatic heterocycles. The van der Waals surface area contributed by atoms with Crippen LogP contribution in [0.25, 0.3) is 0 Å². The summed E-state index contributed by atoms with van der Waals surface area (Å²) in [4.78, 5) is 37.2. The van der Waals surface area contributed by atoms with Gasteiger partial charge in [0, 0.05) is 35.8 Å². The highest BCUT2D eigenvalue weighted by atomic mass is 35.5. The summed E-state index contributed by atoms with van der Waals surface area (Å²) >= 11 is 6.13. The molecule has 0 heterocycles. The van der Waals surface area contributed by atoms with Crippen molar-refractivity contribution in [1.29, 1.82) is 0 Å². The lowest BCUT2D eigenvalue weighted by Crippen LogP contribution is -2.42. The van der Waals surface area contributed by atoms with Gasteiger partial charge in [-0.2, -0.15) is 0 Å². The number of hydrogen-bond donors (Lipinski definition) is 2. The largest absolute Gasteiger partial charge is 0.375 e. The van der Waals surface area contributed by atoms with Crippen molar-refractivity contribution in [2.45, 2.75) is 33.4 Å². The van der Waals surface area contributed by atoms with E-state index in [-0.39, 0.29) is 35.4 Å². The van der Waals surface area contributed by atoms with Crippen LogP contribution in [0.5, 0.6) is 0 Å². The molecule has 2 aromatic carbocycles. The summed E-state index contributed by atoms with van der Waals surface area (Å²) in [5.41, 5.74) is 0.985. The second kappa shape index (κ2) is 10.6. The fourth-order valence-electron chi connectivity index (χ4n) is 2.85. The van der Waals surface area contributed by atoms with Crippen LogP contribution in [0, 0.1) is 10.1 Å². The number of nitrogens with one attached hydrogen (secondary N) is 2. The van der Waals surface area contributed by atoms with Crippen molar-refractivity contribution in [2.24, 2.45) is 0 Å². The molecule has 0 unspecified atom stereocenters. The highest BCUT2D eigenvalue weighted by Crippen LogP contribution is 2.27. The van der Waals surface area contributed by atoms with Gasteiger partial charge in [0.2, 0.25) is 5.91 Å². The molecule has 0 fully saturated rings. The molecule has 0 aliphatic carbocycles. The molecule has 30 heavy (non-hydrogen) atoms. The molecule has 2 rings (SSSR count). The first-order valence-electron chi connectivity index (χ1n) is 9.57. The number of halogens is 1. The van der Waals surface area contributed by atoms with Crippen LogP contribution >= 0.6 is 11.6 Å². The molecule has 0 spiro atoms. The molecule has 0 saturated heterocycles. The van der Waals surface area contributed by atoms with Gasteiger partial charge in [0.25, 0.3) is 11.6 Å². The molecule has 2 aromatic rings. The van der Waals surface area contributed by atoms with Gasteiger partial charge in [-0.05, 0) is 44.5 Å². The number of benzene rings is 2. The van der Waals surface area contributed by atoms with E-state index in [1.54, 1.807) is 19.1 Å². The Bertz CT molecular complexity index is 933. The molecule has 2 amide bonds. The maximum atomic E-state index is 12.8. The molecule has 9 heteroatoms. The Morgan fingerprint density at radius 3 is 2.50 bits per heavy atom. The van der Waals surface area contributed by atoms with Crippen LogP contribution in [0.3, 0.4) is 0 Å². The molecule has 2 N–H and O–H groups in total. The highest BCUT2D eigenvalue weighted by Gasteiger charge is 2.22. The van der Waals surface area contributed by atoms with E-state index in [1.807, 2.05) is 26.0 Å². The van der Waals surface area contributed by atoms with E-state index >= 15 is 0 Å². The molecule has 0 saturated carbocycles. The van der Waals surface area contributed by atoms with Crippen molar-refractivity contribution < 1.29 is 14.5 Å². The van der Waals surface area contributed by atoms with E-state index < -0.39 is 10.8 Å². The number of hydrogen-bond acceptors (Lipinski definition) is 5. The summed E-state index contributed by atoms with van der Waals surface area (Å²) in [6, 6.07) is 11.4. The van der Waals surface area contributed by atoms with Crippen LogP contribution in [-0.4, -0.2) is 40.8 Å². The minimum Gasteiger partial charge on any atom is -0.375 e. The van der Waals surface area contributed by atoms with E-state index in [1.165, 1.54) is 23.1 Å². The Balaban J connectivity index is 2.20. The summed E-state index contributed by atoms with van der Waals surface area (Å²) in [5, 5.41) is 17.8. The zero-order chi connectivity index (χ0) is 22.3. The molecule has 0 atom stereocenters. The molecule has 8 nitrogen and oxygen atoms in total. The predicted molar refractivity (Wildman–Crippen MR) is 117 cm³/mol. The maximum Gasteiger partial charge on any atom is 0.293 e. The summed E-state index contributed by atoms with van der Waals surface area (Å²) in [6.07, 6.45) is 0. The second-order valence-electron chi connectivity index (χ2n) is 6.98. The fraction of sp³-hybridized carbons (Fsp3) is 0.333. The third-order valence-corrected chi connectivity index (χ3v) is 4.69. The van der Waals surface area contributed by atoms with Crippen molar-refractivity contribution in [2.75, 3.05) is 18.4 Å². The molecule has 0 aliphatic heterocycles. The standard InChI is InChI=1S/C21H25ClN4O4/c1-4-25(13-20(27)24-14(2)3)21(28)15-9-10-18(19(11-15)26(29)30)23-12-16-7-5-6-8-17(16)22/h5-11,14,23H,4,12-13H2,1-3H3,(H,24,27). The maximum absolute atomic E-state index is 12.8. The molecular weight excluding hydrogens is 408 g/mol. The number of nitro benzene ring substituents is 1. The van der Waals surface area contributed by atoms with Gasteiger partial charge in [-0.15, -0.1) is 0 Å². The number of carbonyl (C=O) groups is 2. The van der Waals surface area contributed by atoms with Crippen LogP contribution in [0.4, 0.5) is 11.4 Å². The Morgan fingerprint density at radius 1 is 1.20 bits per heavy atom. The minimum absolute atomic E-state index is 0.0455. The third-order valence-electron chi connectivity index (χ3n) is 4.32. The number of amides is 2. The molecule has 0 bridgehead atoms. The van der Waals surface area contributed by atoms with Gasteiger partial charge in [-0.25, -0.2) is 0 Å². The normalized spacial score (nSPS) is 10.6. The average Bonchev–Trinajstić information content (AvgIpc) is 2.70. The predicted octanol–water partition coefficient (Wildman–Crippen LogP) is 3.85. The van der Waals surface area contributed by atoms with Gasteiger partial charge in [-0.3, -0.25) is 19.7 Å². The Kier molecular flexibility index (Phi) is 8.17. The van der Waals surface area contributed by atoms with Gasteiger partial charge in [0.15, 0.2) is 0 Å². The summed E-state index contributed by atoms with van der Waals surface area (Å²) in [7, 11) is 0. The Morgan fingerprint density at radius 2 is 1.90 bits per heavy atom. The second-order valence-corrected chi connectivity index (χ2v) is 7.38. The first kappa shape index (κ1) is 23.2. The van der Waals surface area contributed by atoms with Crippen molar-refractivity contribution in [1.82, 2.24) is 10.2 Å². The number of anilines is 1. The zero-order valence-corrected chi connectivity index (χ0v) is 17.9. The van der Waals surface area contributed by atoms with Crippen molar-refractivity contribution >= 4 is 34.8 Å². The number of rotatable bonds is 9. The lowest BCUT2D eigenvalue weighted by atomic mass is 10.1. The summed E-state index contributed by atoms with van der Waals surface area (Å²) < 4.78 is 0. The average molecular weight is 433 g/mol. The van der Waals surface area contributed by atoms with Crippen LogP contribution in [0.15, 0.2) is 42.5 Å². The van der Waals surface area contributed by atoms with Crippen molar-refractivity contribution in [3.8, 4) is 0 Å². The van der Waals surface area contributed by atoms with Gasteiger partial charge < -0.3 is 15.5 Å². The van der Waals surface area contributed by atoms with Crippen molar-refractivity contribution in [3.63, 3.8) is 0 Å². The Labute approximate surface area is 180 Å². The van der Waals surface area contributed by atoms with Crippen LogP contribution in [0.2, 0.25) is 5.02 Å². The number of carbonyl (C=O) groups excluding carboxylic acids is 2. The molecular formula is C21H25ClN4O4. The summed E-state index contributed by atoms with van der Waals surface area (Å²) in [5.74, 6) is -0.732. The Hall–Kier alpha value is -3.13. The smallest absolute Gasteiger partial charge is 0.293 e. The van der Waals surface area contributed by atoms with Gasteiger partial charge >= 0.3 is 0 Å². The van der Waals surface area contributed by atoms with E-state index in [0.717, 1.165) is 5.56 Å². The number of nitro groups is 1. The van der Waals surface area contributed by atoms with E-state index in [0.29, 0.717) is 18.1 Å². The minimum atomic E-state index is -0.548. The van der Waals surface area contributed by atoms with Crippen LogP contribution < -0.4 is 10.6 Å². The monoisotopic (exact) mass is 432 g/mol. The first-order valence-corrected chi connectivity index (χ1v) is 9.95. The van der Waals surface area contributed by atoms with Gasteiger partial charge in [-0.1, -0.05) is 29.8 Å². The number of likely N-dealkylation sites (N-methyl/N-ethyl adjacent to an activating group) is 1. The lowest BCUT2D eigenvalue weighted by Gasteiger charge is -2.21. The van der Waals surface area contributed by atoms with E-state index in [4.69, 9.17) is 11.6 Å². The summed E-state index contributed by atoms with van der Waals surface area (Å²) in [6.45, 7) is 5.87. The van der Waals surface area contributed by atoms with E-state index in [9.17, 15) is 19.7 Å². The quantitative estimate of drug-likeness (QED) is 0.462. The lowest BCUT2D eigenvalue weighted by molar-refractivity contribution is -0.384. The highest BCUT2D eigenvalue weighted by molar-refractivity contribution is 6.31. The molecule has 0 radical (unpaired) electrons. The van der Waals surface area contributed by atoms with Gasteiger partial charge in [0.05, 0.1) is 11.5 Å². The SMILES string of the molecule is CCN(CC(=O)NC(C)C)C(=O)c1ccc(NCc2ccccc2Cl)c([N+](=O)[O-])c1. The fourth-order valence-corrected chi connectivity index (χ4v) is 3.05. The first-order chi connectivity index (χ1) is 14.2. The third kappa shape index (κ3) is 6.18. The zero-order valence-electron chi connectivity index (χ0n) is 17.1. The van der Waals surface area contributed by atoms with Crippen molar-refractivity contribution in [3.05, 3.63) is 68.7 Å². The molecule has 160 valence electrons. The van der Waals surface area contributed by atoms with E-state index in [2.05, 4.69) is 10.6 Å². The topological polar surface area (TPSA) is 105 Å². The number of nitrogens with zero attached hydrogens (tertiary/aromatic N) is 2. The van der Waals surface area contributed by atoms with Gasteiger partial charge in [0.1, 0.15) is 5.69 Å². The van der Waals surface area contributed by atoms with Crippen LogP contribution in [0.1, 0.15) is 36.7 Å². The molecule has 0 aliphatic rings.